The van der Waals surface area contributed by atoms with Crippen molar-refractivity contribution in [3.8, 4) is 0 Å². The number of nitrogens with one attached hydrogen (secondary N) is 1. The van der Waals surface area contributed by atoms with E-state index in [1.807, 2.05) is 6.92 Å². The Hall–Kier alpha value is -2.09. The zero-order valence-corrected chi connectivity index (χ0v) is 11.5. The molecule has 102 valence electrons. The molecule has 4 nitrogen and oxygen atoms in total. The molecule has 0 aromatic heterocycles. The molecule has 1 aromatic rings. The summed E-state index contributed by atoms with van der Waals surface area (Å²) >= 11 is 0. The molecule has 0 atom stereocenters. The largest absolute Gasteiger partial charge is 0.444 e. The minimum absolute atomic E-state index is 0.0495. The van der Waals surface area contributed by atoms with E-state index in [4.69, 9.17) is 11.3 Å². The van der Waals surface area contributed by atoms with E-state index in [9.17, 15) is 9.18 Å². The monoisotopic (exact) mass is 264 g/mol. The zero-order chi connectivity index (χ0) is 14.6. The van der Waals surface area contributed by atoms with Crippen LogP contribution in [0.5, 0.6) is 0 Å². The molecule has 1 N–H and O–H groups in total. The van der Waals surface area contributed by atoms with Crippen LogP contribution in [0, 0.1) is 12.4 Å². The van der Waals surface area contributed by atoms with Gasteiger partial charge in [0.2, 0.25) is 5.69 Å². The second-order valence-corrected chi connectivity index (χ2v) is 5.05. The molecule has 0 bridgehead atoms. The van der Waals surface area contributed by atoms with Crippen LogP contribution in [0.1, 0.15) is 33.3 Å². The normalized spacial score (nSPS) is 10.7. The Balaban J connectivity index is 2.99. The number of carbonyl (C=O) groups excluding carboxylic acids is 1. The summed E-state index contributed by atoms with van der Waals surface area (Å²) in [6, 6.07) is 2.59. The lowest BCUT2D eigenvalue weighted by atomic mass is 10.1. The molecule has 1 aromatic carbocycles. The Morgan fingerprint density at radius 3 is 2.58 bits per heavy atom. The molecule has 0 saturated heterocycles. The average Bonchev–Trinajstić information content (AvgIpc) is 2.26. The van der Waals surface area contributed by atoms with E-state index in [1.54, 1.807) is 20.8 Å². The van der Waals surface area contributed by atoms with Crippen LogP contribution < -0.4 is 5.32 Å². The molecule has 0 aliphatic heterocycles. The quantitative estimate of drug-likeness (QED) is 0.810. The number of carbonyl (C=O) groups is 1. The first-order chi connectivity index (χ1) is 8.76. The van der Waals surface area contributed by atoms with Crippen LogP contribution in [0.15, 0.2) is 12.1 Å². The Kier molecular flexibility index (Phi) is 4.49. The van der Waals surface area contributed by atoms with Crippen molar-refractivity contribution in [1.29, 1.82) is 0 Å². The van der Waals surface area contributed by atoms with E-state index in [0.29, 0.717) is 17.7 Å². The maximum atomic E-state index is 13.5. The van der Waals surface area contributed by atoms with Crippen molar-refractivity contribution in [3.63, 3.8) is 0 Å². The highest BCUT2D eigenvalue weighted by molar-refractivity contribution is 5.86. The van der Waals surface area contributed by atoms with Crippen molar-refractivity contribution in [2.75, 3.05) is 5.32 Å². The van der Waals surface area contributed by atoms with E-state index in [1.165, 1.54) is 6.07 Å². The van der Waals surface area contributed by atoms with Crippen molar-refractivity contribution in [1.82, 2.24) is 0 Å². The lowest BCUT2D eigenvalue weighted by Gasteiger charge is -2.20. The van der Waals surface area contributed by atoms with E-state index in [0.717, 1.165) is 6.07 Å². The molecule has 0 spiro atoms. The second kappa shape index (κ2) is 5.70. The molecule has 0 radical (unpaired) electrons. The van der Waals surface area contributed by atoms with Crippen molar-refractivity contribution >= 4 is 17.5 Å². The minimum atomic E-state index is -0.654. The molecular formula is C14H17FN2O2. The summed E-state index contributed by atoms with van der Waals surface area (Å²) in [5, 5.41) is 2.51. The first kappa shape index (κ1) is 15.0. The van der Waals surface area contributed by atoms with E-state index in [2.05, 4.69) is 10.2 Å². The van der Waals surface area contributed by atoms with Crippen LogP contribution >= 0.6 is 0 Å². The molecule has 0 heterocycles. The molecule has 1 amide bonds. The summed E-state index contributed by atoms with van der Waals surface area (Å²) in [6.45, 7) is 14.0. The van der Waals surface area contributed by atoms with Gasteiger partial charge in [-0.25, -0.2) is 14.0 Å². The lowest BCUT2D eigenvalue weighted by Crippen LogP contribution is -2.27. The molecule has 5 heteroatoms. The molecule has 0 aliphatic rings. The predicted octanol–water partition coefficient (Wildman–Crippen LogP) is 4.29. The van der Waals surface area contributed by atoms with Gasteiger partial charge < -0.3 is 4.74 Å². The van der Waals surface area contributed by atoms with Crippen LogP contribution in [-0.4, -0.2) is 11.7 Å². The molecule has 19 heavy (non-hydrogen) atoms. The van der Waals surface area contributed by atoms with Gasteiger partial charge >= 0.3 is 6.09 Å². The number of nitrogens with zero attached hydrogens (tertiary/aromatic N) is 1. The number of halogens is 1. The van der Waals surface area contributed by atoms with Gasteiger partial charge in [0.05, 0.1) is 6.57 Å². The maximum absolute atomic E-state index is 13.5. The highest BCUT2D eigenvalue weighted by atomic mass is 19.1. The topological polar surface area (TPSA) is 42.7 Å². The number of aryl methyl sites for hydroxylation is 1. The van der Waals surface area contributed by atoms with Gasteiger partial charge in [-0.2, -0.15) is 0 Å². The number of hydrogen-bond donors (Lipinski definition) is 1. The summed E-state index contributed by atoms with van der Waals surface area (Å²) in [5.41, 5.74) is 0.359. The molecule has 0 unspecified atom stereocenters. The molecular weight excluding hydrogens is 247 g/mol. The molecule has 0 saturated carbocycles. The number of anilines is 1. The Morgan fingerprint density at radius 2 is 2.11 bits per heavy atom. The third-order valence-corrected chi connectivity index (χ3v) is 2.31. The SMILES string of the molecule is [C-]#[N+]c1cc(CC)c(NC(=O)OC(C)(C)C)cc1F. The van der Waals surface area contributed by atoms with Gasteiger partial charge in [-0.1, -0.05) is 6.92 Å². The summed E-state index contributed by atoms with van der Waals surface area (Å²) < 4.78 is 18.7. The fourth-order valence-electron chi connectivity index (χ4n) is 1.51. The van der Waals surface area contributed by atoms with Crippen molar-refractivity contribution in [2.24, 2.45) is 0 Å². The third-order valence-electron chi connectivity index (χ3n) is 2.31. The number of hydrogen-bond acceptors (Lipinski definition) is 2. The number of rotatable bonds is 2. The smallest absolute Gasteiger partial charge is 0.412 e. The summed E-state index contributed by atoms with van der Waals surface area (Å²) in [4.78, 5) is 14.7. The highest BCUT2D eigenvalue weighted by Crippen LogP contribution is 2.27. The second-order valence-electron chi connectivity index (χ2n) is 5.05. The fraction of sp³-hybridized carbons (Fsp3) is 0.429. The van der Waals surface area contributed by atoms with Gasteiger partial charge in [0, 0.05) is 5.69 Å². The van der Waals surface area contributed by atoms with Crippen LogP contribution in [0.3, 0.4) is 0 Å². The molecule has 0 aliphatic carbocycles. The summed E-state index contributed by atoms with van der Waals surface area (Å²) in [7, 11) is 0. The highest BCUT2D eigenvalue weighted by Gasteiger charge is 2.18. The third kappa shape index (κ3) is 4.25. The number of amides is 1. The minimum Gasteiger partial charge on any atom is -0.444 e. The predicted molar refractivity (Wildman–Crippen MR) is 71.9 cm³/mol. The Labute approximate surface area is 112 Å². The van der Waals surface area contributed by atoms with Gasteiger partial charge in [-0.05, 0) is 44.9 Å². The zero-order valence-electron chi connectivity index (χ0n) is 11.5. The number of benzene rings is 1. The van der Waals surface area contributed by atoms with Gasteiger partial charge in [-0.3, -0.25) is 5.32 Å². The first-order valence-electron chi connectivity index (χ1n) is 5.96. The van der Waals surface area contributed by atoms with Crippen molar-refractivity contribution < 1.29 is 13.9 Å². The molecule has 1 rings (SSSR count). The van der Waals surface area contributed by atoms with E-state index < -0.39 is 17.5 Å². The fourth-order valence-corrected chi connectivity index (χ4v) is 1.51. The van der Waals surface area contributed by atoms with Gasteiger partial charge in [0.1, 0.15) is 11.4 Å². The van der Waals surface area contributed by atoms with E-state index in [-0.39, 0.29) is 5.69 Å². The molecule has 0 fully saturated rings. The summed E-state index contributed by atoms with van der Waals surface area (Å²) in [6.07, 6.45) is -0.0642. The standard InChI is InChI=1S/C14H17FN2O2/c1-6-9-7-12(16-5)10(15)8-11(9)17-13(18)19-14(2,3)4/h7-8H,6H2,1-4H3,(H,17,18). The Morgan fingerprint density at radius 1 is 1.47 bits per heavy atom. The summed E-state index contributed by atoms with van der Waals surface area (Å²) in [5.74, 6) is -0.654. The van der Waals surface area contributed by atoms with Crippen LogP contribution in [-0.2, 0) is 11.2 Å². The first-order valence-corrected chi connectivity index (χ1v) is 5.96. The van der Waals surface area contributed by atoms with Crippen LogP contribution in [0.25, 0.3) is 4.85 Å². The maximum Gasteiger partial charge on any atom is 0.412 e. The van der Waals surface area contributed by atoms with Crippen LogP contribution in [0.4, 0.5) is 20.6 Å². The lowest BCUT2D eigenvalue weighted by molar-refractivity contribution is 0.0636. The number of ether oxygens (including phenoxy) is 1. The van der Waals surface area contributed by atoms with E-state index >= 15 is 0 Å². The van der Waals surface area contributed by atoms with Crippen molar-refractivity contribution in [3.05, 3.63) is 34.9 Å². The van der Waals surface area contributed by atoms with Gasteiger partial charge in [0.25, 0.3) is 0 Å². The Bertz CT molecular complexity index is 527. The average molecular weight is 264 g/mol. The van der Waals surface area contributed by atoms with Gasteiger partial charge in [-0.15, -0.1) is 0 Å². The van der Waals surface area contributed by atoms with Crippen LogP contribution in [0.2, 0.25) is 0 Å². The van der Waals surface area contributed by atoms with Crippen molar-refractivity contribution in [2.45, 2.75) is 39.7 Å². The van der Waals surface area contributed by atoms with Gasteiger partial charge in [0.15, 0.2) is 0 Å².